The molecule has 1 unspecified atom stereocenters. The van der Waals surface area contributed by atoms with Gasteiger partial charge in [-0.1, -0.05) is 25.1 Å². The normalized spacial score (nSPS) is 13.0. The summed E-state index contributed by atoms with van der Waals surface area (Å²) in [5.41, 5.74) is 1.74. The second-order valence-electron chi connectivity index (χ2n) is 8.34. The van der Waals surface area contributed by atoms with Crippen LogP contribution in [0.25, 0.3) is 16.8 Å². The molecule has 1 aromatic carbocycles. The molecule has 172 valence electrons. The molecule has 0 spiro atoms. The quantitative estimate of drug-likeness (QED) is 0.431. The smallest absolute Gasteiger partial charge is 0.387 e. The third-order valence-electron chi connectivity index (χ3n) is 5.45. The molecule has 0 aliphatic heterocycles. The lowest BCUT2D eigenvalue weighted by atomic mass is 9.95. The van der Waals surface area contributed by atoms with Gasteiger partial charge in [-0.25, -0.2) is 19.3 Å². The number of para-hydroxylation sites is 1. The molecular formula is C24H23F3N4O2. The van der Waals surface area contributed by atoms with Gasteiger partial charge in [-0.15, -0.1) is 0 Å². The molecule has 33 heavy (non-hydrogen) atoms. The average molecular weight is 456 g/mol. The zero-order valence-corrected chi connectivity index (χ0v) is 18.6. The molecule has 0 amide bonds. The summed E-state index contributed by atoms with van der Waals surface area (Å²) < 4.78 is 47.2. The Balaban J connectivity index is 1.82. The van der Waals surface area contributed by atoms with Crippen LogP contribution in [-0.2, 0) is 5.60 Å². The average Bonchev–Trinajstić information content (AvgIpc) is 3.06. The lowest BCUT2D eigenvalue weighted by Crippen LogP contribution is -2.19. The number of aryl methyl sites for hydroxylation is 1. The fourth-order valence-electron chi connectivity index (χ4n) is 3.91. The van der Waals surface area contributed by atoms with Crippen molar-refractivity contribution >= 4 is 5.65 Å². The van der Waals surface area contributed by atoms with Crippen LogP contribution >= 0.6 is 0 Å². The number of rotatable bonds is 6. The molecule has 0 saturated heterocycles. The first-order valence-electron chi connectivity index (χ1n) is 10.3. The van der Waals surface area contributed by atoms with Gasteiger partial charge < -0.3 is 14.2 Å². The minimum absolute atomic E-state index is 0.0762. The lowest BCUT2D eigenvalue weighted by molar-refractivity contribution is -0.0505. The molecule has 0 saturated carbocycles. The van der Waals surface area contributed by atoms with Gasteiger partial charge in [0.2, 0.25) is 0 Å². The molecule has 1 N–H and O–H groups in total. The summed E-state index contributed by atoms with van der Waals surface area (Å²) in [5.74, 6) is -0.585. The van der Waals surface area contributed by atoms with E-state index in [0.717, 1.165) is 0 Å². The lowest BCUT2D eigenvalue weighted by Gasteiger charge is -2.18. The highest BCUT2D eigenvalue weighted by Gasteiger charge is 2.24. The Kier molecular flexibility index (Phi) is 5.84. The number of ether oxygens (including phenoxy) is 1. The molecule has 9 heteroatoms. The molecule has 0 aliphatic rings. The van der Waals surface area contributed by atoms with Gasteiger partial charge in [-0.05, 0) is 26.8 Å². The molecule has 0 radical (unpaired) electrons. The van der Waals surface area contributed by atoms with Gasteiger partial charge in [0.25, 0.3) is 0 Å². The minimum atomic E-state index is -2.95. The van der Waals surface area contributed by atoms with Crippen molar-refractivity contribution in [3.8, 4) is 16.9 Å². The number of fused-ring (bicyclic) bond motifs is 1. The Bertz CT molecular complexity index is 1300. The van der Waals surface area contributed by atoms with Gasteiger partial charge in [0, 0.05) is 47.3 Å². The van der Waals surface area contributed by atoms with E-state index in [1.165, 1.54) is 24.5 Å². The highest BCUT2D eigenvalue weighted by molar-refractivity contribution is 5.65. The molecule has 0 bridgehead atoms. The van der Waals surface area contributed by atoms with Gasteiger partial charge in [0.15, 0.2) is 5.82 Å². The number of aromatic nitrogens is 4. The van der Waals surface area contributed by atoms with Gasteiger partial charge in [0.1, 0.15) is 22.8 Å². The predicted octanol–water partition coefficient (Wildman–Crippen LogP) is 5.22. The first-order chi connectivity index (χ1) is 15.6. The second-order valence-corrected chi connectivity index (χ2v) is 8.34. The zero-order chi connectivity index (χ0) is 23.9. The number of pyridine rings is 1. The second kappa shape index (κ2) is 8.47. The van der Waals surface area contributed by atoms with Crippen molar-refractivity contribution in [3.05, 3.63) is 77.5 Å². The predicted molar refractivity (Wildman–Crippen MR) is 117 cm³/mol. The fraction of sp³-hybridized carbons (Fsp3) is 0.292. The molecular weight excluding hydrogens is 433 g/mol. The summed E-state index contributed by atoms with van der Waals surface area (Å²) in [6, 6.07) is 7.89. The Morgan fingerprint density at radius 1 is 1.12 bits per heavy atom. The molecule has 0 aliphatic carbocycles. The van der Waals surface area contributed by atoms with Gasteiger partial charge >= 0.3 is 6.61 Å². The summed E-state index contributed by atoms with van der Waals surface area (Å²) in [5, 5.41) is 10.1. The van der Waals surface area contributed by atoms with Crippen molar-refractivity contribution in [2.24, 2.45) is 0 Å². The standard InChI is InChI=1S/C24H23F3N4O2/c1-13(16-7-5-6-8-19(16)33-23(26)27)21-14(2)30-20-9-18(25)17(12-31(20)21)15-10-28-22(29-11-15)24(3,4)32/h5-13,23,32H,1-4H3. The van der Waals surface area contributed by atoms with Crippen molar-refractivity contribution < 1.29 is 23.0 Å². The number of imidazole rings is 1. The highest BCUT2D eigenvalue weighted by Crippen LogP contribution is 2.35. The molecule has 6 nitrogen and oxygen atoms in total. The minimum Gasteiger partial charge on any atom is -0.435 e. The highest BCUT2D eigenvalue weighted by atomic mass is 19.3. The van der Waals surface area contributed by atoms with Gasteiger partial charge in [0.05, 0.1) is 11.4 Å². The van der Waals surface area contributed by atoms with Gasteiger partial charge in [-0.2, -0.15) is 8.78 Å². The molecule has 4 rings (SSSR count). The van der Waals surface area contributed by atoms with E-state index in [1.54, 1.807) is 49.6 Å². The number of hydrogen-bond acceptors (Lipinski definition) is 5. The van der Waals surface area contributed by atoms with Crippen molar-refractivity contribution in [2.75, 3.05) is 0 Å². The van der Waals surface area contributed by atoms with E-state index in [2.05, 4.69) is 15.0 Å². The number of halogens is 3. The number of aliphatic hydroxyl groups is 1. The van der Waals surface area contributed by atoms with E-state index in [0.29, 0.717) is 28.2 Å². The molecule has 0 fully saturated rings. The number of nitrogens with zero attached hydrogens (tertiary/aromatic N) is 4. The summed E-state index contributed by atoms with van der Waals surface area (Å²) in [7, 11) is 0. The van der Waals surface area contributed by atoms with E-state index in [-0.39, 0.29) is 23.1 Å². The molecule has 3 heterocycles. The van der Waals surface area contributed by atoms with Crippen LogP contribution in [0.3, 0.4) is 0 Å². The van der Waals surface area contributed by atoms with Crippen molar-refractivity contribution in [1.82, 2.24) is 19.4 Å². The Morgan fingerprint density at radius 3 is 2.42 bits per heavy atom. The van der Waals surface area contributed by atoms with Crippen LogP contribution in [0.1, 0.15) is 49.5 Å². The summed E-state index contributed by atoms with van der Waals surface area (Å²) in [6.45, 7) is 3.82. The van der Waals surface area contributed by atoms with E-state index in [1.807, 2.05) is 6.92 Å². The zero-order valence-electron chi connectivity index (χ0n) is 18.6. The van der Waals surface area contributed by atoms with E-state index in [9.17, 15) is 18.3 Å². The summed E-state index contributed by atoms with van der Waals surface area (Å²) >= 11 is 0. The van der Waals surface area contributed by atoms with Crippen LogP contribution in [0, 0.1) is 12.7 Å². The maximum atomic E-state index is 15.0. The number of hydrogen-bond donors (Lipinski definition) is 1. The van der Waals surface area contributed by atoms with E-state index >= 15 is 0 Å². The van der Waals surface area contributed by atoms with Crippen LogP contribution < -0.4 is 4.74 Å². The fourth-order valence-corrected chi connectivity index (χ4v) is 3.91. The van der Waals surface area contributed by atoms with Crippen LogP contribution in [0.2, 0.25) is 0 Å². The SMILES string of the molecule is Cc1nc2cc(F)c(-c3cnc(C(C)(C)O)nc3)cn2c1C(C)c1ccccc1OC(F)F. The monoisotopic (exact) mass is 456 g/mol. The van der Waals surface area contributed by atoms with Crippen molar-refractivity contribution in [1.29, 1.82) is 0 Å². The summed E-state index contributed by atoms with van der Waals surface area (Å²) in [4.78, 5) is 12.8. The Labute approximate surface area is 188 Å². The van der Waals surface area contributed by atoms with Crippen LogP contribution in [0.5, 0.6) is 5.75 Å². The maximum absolute atomic E-state index is 15.0. The van der Waals surface area contributed by atoms with Gasteiger partial charge in [-0.3, -0.25) is 0 Å². The van der Waals surface area contributed by atoms with Crippen LogP contribution in [0.15, 0.2) is 48.9 Å². The molecule has 1 atom stereocenters. The summed E-state index contributed by atoms with van der Waals surface area (Å²) in [6.07, 6.45) is 4.49. The van der Waals surface area contributed by atoms with E-state index < -0.39 is 18.0 Å². The first-order valence-corrected chi connectivity index (χ1v) is 10.3. The topological polar surface area (TPSA) is 72.5 Å². The Hall–Kier alpha value is -3.46. The first kappa shape index (κ1) is 22.7. The maximum Gasteiger partial charge on any atom is 0.387 e. The largest absolute Gasteiger partial charge is 0.435 e. The third kappa shape index (κ3) is 4.41. The van der Waals surface area contributed by atoms with Crippen LogP contribution in [0.4, 0.5) is 13.2 Å². The Morgan fingerprint density at radius 2 is 1.79 bits per heavy atom. The number of alkyl halides is 2. The third-order valence-corrected chi connectivity index (χ3v) is 5.45. The van der Waals surface area contributed by atoms with E-state index in [4.69, 9.17) is 4.74 Å². The molecule has 3 aromatic heterocycles. The number of benzene rings is 1. The van der Waals surface area contributed by atoms with Crippen LogP contribution in [-0.4, -0.2) is 31.1 Å². The van der Waals surface area contributed by atoms with Crippen molar-refractivity contribution in [2.45, 2.75) is 45.8 Å². The van der Waals surface area contributed by atoms with Crippen molar-refractivity contribution in [3.63, 3.8) is 0 Å². The molecule has 4 aromatic rings.